The molecule has 0 saturated carbocycles. The van der Waals surface area contributed by atoms with Crippen LogP contribution in [0.15, 0.2) is 0 Å². The molecule has 1 fully saturated rings. The number of fused-ring (bicyclic) bond motifs is 1. The van der Waals surface area contributed by atoms with Crippen molar-refractivity contribution in [1.82, 2.24) is 9.80 Å². The van der Waals surface area contributed by atoms with Crippen LogP contribution in [0, 0.1) is 11.3 Å². The van der Waals surface area contributed by atoms with Gasteiger partial charge in [0, 0.05) is 30.9 Å². The summed E-state index contributed by atoms with van der Waals surface area (Å²) < 4.78 is 0. The van der Waals surface area contributed by atoms with Crippen LogP contribution in [-0.4, -0.2) is 66.1 Å². The number of piperidine rings is 1. The fourth-order valence-electron chi connectivity index (χ4n) is 3.96. The molecule has 7 nitrogen and oxygen atoms in total. The first-order valence-electron chi connectivity index (χ1n) is 10.5. The zero-order valence-corrected chi connectivity index (χ0v) is 17.9. The largest absolute Gasteiger partial charge is 0.393 e. The van der Waals surface area contributed by atoms with Gasteiger partial charge in [0.25, 0.3) is 0 Å². The summed E-state index contributed by atoms with van der Waals surface area (Å²) in [6.07, 6.45) is 6.57. The Balaban J connectivity index is 1.47. The highest BCUT2D eigenvalue weighted by Gasteiger charge is 2.23. The molecule has 158 valence electrons. The maximum atomic E-state index is 12.4. The molecule has 1 aromatic heterocycles. The van der Waals surface area contributed by atoms with Gasteiger partial charge >= 0.3 is 0 Å². The standard InChI is InChI=1S/C21H30N4O3S/c1-24(14-20(28)25-11-7-15(26)8-12-25)10-9-19(27)23-21-17(13-22)16-5-3-2-4-6-18(16)29-21/h15,26H,2-12,14H2,1H3,(H,23,27). The number of aliphatic hydroxyl groups excluding tert-OH is 1. The van der Waals surface area contributed by atoms with Gasteiger partial charge in [-0.1, -0.05) is 6.42 Å². The number of carbonyl (C=O) groups is 2. The van der Waals surface area contributed by atoms with Gasteiger partial charge in [-0.2, -0.15) is 5.26 Å². The van der Waals surface area contributed by atoms with Crippen LogP contribution in [0.25, 0.3) is 0 Å². The van der Waals surface area contributed by atoms with E-state index in [0.29, 0.717) is 43.0 Å². The van der Waals surface area contributed by atoms with Crippen LogP contribution in [0.4, 0.5) is 5.00 Å². The third kappa shape index (κ3) is 5.78. The number of carbonyl (C=O) groups excluding carboxylic acids is 2. The fourth-order valence-corrected chi connectivity index (χ4v) is 5.21. The van der Waals surface area contributed by atoms with Gasteiger partial charge in [0.1, 0.15) is 11.1 Å². The van der Waals surface area contributed by atoms with Gasteiger partial charge in [-0.15, -0.1) is 11.3 Å². The number of thiophene rings is 1. The van der Waals surface area contributed by atoms with Crippen LogP contribution in [0.1, 0.15) is 54.5 Å². The second kappa shape index (κ2) is 10.2. The molecule has 2 N–H and O–H groups in total. The molecule has 0 aromatic carbocycles. The summed E-state index contributed by atoms with van der Waals surface area (Å²) in [5.41, 5.74) is 1.76. The van der Waals surface area contributed by atoms with Gasteiger partial charge in [-0.25, -0.2) is 0 Å². The third-order valence-electron chi connectivity index (χ3n) is 5.73. The lowest BCUT2D eigenvalue weighted by molar-refractivity contribution is -0.134. The number of rotatable bonds is 6. The molecule has 0 radical (unpaired) electrons. The van der Waals surface area contributed by atoms with E-state index in [9.17, 15) is 20.0 Å². The van der Waals surface area contributed by atoms with Gasteiger partial charge < -0.3 is 15.3 Å². The van der Waals surface area contributed by atoms with Crippen molar-refractivity contribution in [2.75, 3.05) is 38.5 Å². The first-order valence-corrected chi connectivity index (χ1v) is 11.3. The van der Waals surface area contributed by atoms with Crippen LogP contribution in [0.5, 0.6) is 0 Å². The first kappa shape index (κ1) is 21.8. The number of nitrogens with one attached hydrogen (secondary N) is 1. The van der Waals surface area contributed by atoms with Gasteiger partial charge in [0.05, 0.1) is 18.2 Å². The second-order valence-electron chi connectivity index (χ2n) is 8.03. The highest BCUT2D eigenvalue weighted by molar-refractivity contribution is 7.16. The molecule has 1 aliphatic heterocycles. The highest BCUT2D eigenvalue weighted by Crippen LogP contribution is 2.37. The minimum atomic E-state index is -0.300. The summed E-state index contributed by atoms with van der Waals surface area (Å²) in [6, 6.07) is 2.28. The maximum absolute atomic E-state index is 12.4. The molecular weight excluding hydrogens is 388 g/mol. The predicted octanol–water partition coefficient (Wildman–Crippen LogP) is 2.13. The number of nitriles is 1. The number of aryl methyl sites for hydroxylation is 1. The number of likely N-dealkylation sites (N-methyl/N-ethyl adjacent to an activating group) is 1. The number of amides is 2. The molecule has 0 atom stereocenters. The molecule has 2 amide bonds. The lowest BCUT2D eigenvalue weighted by atomic mass is 10.1. The smallest absolute Gasteiger partial charge is 0.236 e. The Hall–Kier alpha value is -1.95. The van der Waals surface area contributed by atoms with Crippen LogP contribution in [0.3, 0.4) is 0 Å². The molecule has 3 rings (SSSR count). The predicted molar refractivity (Wildman–Crippen MR) is 113 cm³/mol. The van der Waals surface area contributed by atoms with Gasteiger partial charge in [0.2, 0.25) is 11.8 Å². The Morgan fingerprint density at radius 2 is 2.00 bits per heavy atom. The molecule has 0 spiro atoms. The molecule has 0 bridgehead atoms. The number of likely N-dealkylation sites (tertiary alicyclic amines) is 1. The first-order chi connectivity index (χ1) is 14.0. The van der Waals surface area contributed by atoms with Gasteiger partial charge in [-0.05, 0) is 51.1 Å². The summed E-state index contributed by atoms with van der Waals surface area (Å²) in [4.78, 5) is 29.6. The average molecular weight is 419 g/mol. The zero-order valence-electron chi connectivity index (χ0n) is 17.1. The van der Waals surface area contributed by atoms with E-state index in [1.165, 1.54) is 11.3 Å². The lowest BCUT2D eigenvalue weighted by Crippen LogP contribution is -2.44. The van der Waals surface area contributed by atoms with Gasteiger partial charge in [-0.3, -0.25) is 14.5 Å². The molecule has 1 aromatic rings. The summed E-state index contributed by atoms with van der Waals surface area (Å²) in [5.74, 6) is -0.0909. The van der Waals surface area contributed by atoms with Crippen molar-refractivity contribution in [2.45, 2.75) is 57.5 Å². The Labute approximate surface area is 176 Å². The summed E-state index contributed by atoms with van der Waals surface area (Å²) in [6.45, 7) is 1.92. The van der Waals surface area contributed by atoms with Crippen molar-refractivity contribution >= 4 is 28.2 Å². The number of hydrogen-bond donors (Lipinski definition) is 2. The quantitative estimate of drug-likeness (QED) is 0.690. The monoisotopic (exact) mass is 418 g/mol. The fraction of sp³-hybridized carbons (Fsp3) is 0.667. The SMILES string of the molecule is CN(CCC(=O)Nc1sc2c(c1C#N)CCCCC2)CC(=O)N1CCC(O)CC1. The van der Waals surface area contributed by atoms with E-state index in [1.54, 1.807) is 16.2 Å². The lowest BCUT2D eigenvalue weighted by Gasteiger charge is -2.31. The normalized spacial score (nSPS) is 17.5. The van der Waals surface area contributed by atoms with Crippen LogP contribution < -0.4 is 5.32 Å². The second-order valence-corrected chi connectivity index (χ2v) is 9.13. The number of nitrogens with zero attached hydrogens (tertiary/aromatic N) is 3. The van der Waals surface area contributed by atoms with Crippen molar-refractivity contribution in [2.24, 2.45) is 0 Å². The van der Waals surface area contributed by atoms with E-state index in [-0.39, 0.29) is 30.9 Å². The Kier molecular flexibility index (Phi) is 7.64. The van der Waals surface area contributed by atoms with Crippen molar-refractivity contribution in [3.05, 3.63) is 16.0 Å². The third-order valence-corrected chi connectivity index (χ3v) is 6.94. The topological polar surface area (TPSA) is 96.7 Å². The molecule has 2 aliphatic rings. The minimum Gasteiger partial charge on any atom is -0.393 e. The van der Waals surface area contributed by atoms with Crippen LogP contribution >= 0.6 is 11.3 Å². The average Bonchev–Trinajstić information content (AvgIpc) is 2.85. The van der Waals surface area contributed by atoms with E-state index in [1.807, 2.05) is 11.9 Å². The molecule has 2 heterocycles. The van der Waals surface area contributed by atoms with E-state index in [0.717, 1.165) is 31.2 Å². The molecule has 1 aliphatic carbocycles. The van der Waals surface area contributed by atoms with Crippen LogP contribution in [0.2, 0.25) is 0 Å². The Morgan fingerprint density at radius 1 is 1.28 bits per heavy atom. The molecular formula is C21H30N4O3S. The van der Waals surface area contributed by atoms with E-state index < -0.39 is 0 Å². The molecule has 29 heavy (non-hydrogen) atoms. The van der Waals surface area contributed by atoms with Gasteiger partial charge in [0.15, 0.2) is 0 Å². The minimum absolute atomic E-state index is 0.0357. The summed E-state index contributed by atoms with van der Waals surface area (Å²) in [5, 5.41) is 22.7. The zero-order chi connectivity index (χ0) is 20.8. The highest BCUT2D eigenvalue weighted by atomic mass is 32.1. The van der Waals surface area contributed by atoms with Crippen molar-refractivity contribution in [1.29, 1.82) is 5.26 Å². The number of aliphatic hydroxyl groups is 1. The van der Waals surface area contributed by atoms with E-state index in [4.69, 9.17) is 0 Å². The van der Waals surface area contributed by atoms with Crippen LogP contribution in [-0.2, 0) is 22.4 Å². The van der Waals surface area contributed by atoms with Crippen molar-refractivity contribution in [3.8, 4) is 6.07 Å². The number of anilines is 1. The maximum Gasteiger partial charge on any atom is 0.236 e. The van der Waals surface area contributed by atoms with Crippen molar-refractivity contribution < 1.29 is 14.7 Å². The van der Waals surface area contributed by atoms with E-state index >= 15 is 0 Å². The van der Waals surface area contributed by atoms with Crippen molar-refractivity contribution in [3.63, 3.8) is 0 Å². The molecule has 8 heteroatoms. The molecule has 1 saturated heterocycles. The number of hydrogen-bond acceptors (Lipinski definition) is 6. The Morgan fingerprint density at radius 3 is 2.72 bits per heavy atom. The molecule has 0 unspecified atom stereocenters. The summed E-state index contributed by atoms with van der Waals surface area (Å²) >= 11 is 1.54. The summed E-state index contributed by atoms with van der Waals surface area (Å²) in [7, 11) is 1.83. The van der Waals surface area contributed by atoms with E-state index in [2.05, 4.69) is 11.4 Å². The Bertz CT molecular complexity index is 778.